The van der Waals surface area contributed by atoms with E-state index in [2.05, 4.69) is 0 Å². The molecule has 0 aromatic carbocycles. The molecule has 122 valence electrons. The predicted octanol–water partition coefficient (Wildman–Crippen LogP) is 1.59. The van der Waals surface area contributed by atoms with E-state index in [1.165, 1.54) is 4.90 Å². The van der Waals surface area contributed by atoms with Crippen LogP contribution in [0.3, 0.4) is 0 Å². The average molecular weight is 300 g/mol. The summed E-state index contributed by atoms with van der Waals surface area (Å²) in [6.45, 7) is 7.18. The molecule has 0 rings (SSSR count). The molecule has 1 N–H and O–H groups in total. The molecule has 0 bridgehead atoms. The number of carbonyl (C=O) groups is 3. The molecule has 6 heteroatoms. The molecule has 2 amide bonds. The topological polar surface area (TPSA) is 77.9 Å². The van der Waals surface area contributed by atoms with Crippen LogP contribution in [-0.4, -0.2) is 59.4 Å². The summed E-state index contributed by atoms with van der Waals surface area (Å²) in [5.41, 5.74) is 0. The first kappa shape index (κ1) is 19.4. The quantitative estimate of drug-likeness (QED) is 0.664. The molecule has 0 radical (unpaired) electrons. The second-order valence-corrected chi connectivity index (χ2v) is 5.39. The summed E-state index contributed by atoms with van der Waals surface area (Å²) in [6.07, 6.45) is 2.11. The standard InChI is InChI=1S/C15H28N2O4/c1-5-9-17(10-6-2)14(19)8-7-13(18)16(4)11-12(3)15(20)21/h12H,5-11H2,1-4H3,(H,20,21). The highest BCUT2D eigenvalue weighted by molar-refractivity contribution is 5.84. The van der Waals surface area contributed by atoms with Gasteiger partial charge >= 0.3 is 5.97 Å². The maximum atomic E-state index is 12.0. The third-order valence-electron chi connectivity index (χ3n) is 3.29. The summed E-state index contributed by atoms with van der Waals surface area (Å²) in [7, 11) is 1.57. The van der Waals surface area contributed by atoms with Crippen LogP contribution >= 0.6 is 0 Å². The van der Waals surface area contributed by atoms with Crippen molar-refractivity contribution in [1.29, 1.82) is 0 Å². The second-order valence-electron chi connectivity index (χ2n) is 5.39. The molecular weight excluding hydrogens is 272 g/mol. The molecule has 1 atom stereocenters. The molecule has 0 spiro atoms. The van der Waals surface area contributed by atoms with E-state index in [0.717, 1.165) is 12.8 Å². The zero-order valence-corrected chi connectivity index (χ0v) is 13.6. The van der Waals surface area contributed by atoms with Gasteiger partial charge in [-0.15, -0.1) is 0 Å². The number of rotatable bonds is 10. The number of nitrogens with zero attached hydrogens (tertiary/aromatic N) is 2. The first-order valence-electron chi connectivity index (χ1n) is 7.57. The van der Waals surface area contributed by atoms with Gasteiger partial charge in [0.15, 0.2) is 0 Å². The summed E-state index contributed by atoms with van der Waals surface area (Å²) in [6, 6.07) is 0. The molecule has 0 fully saturated rings. The van der Waals surface area contributed by atoms with Crippen LogP contribution in [0.5, 0.6) is 0 Å². The van der Waals surface area contributed by atoms with E-state index in [1.54, 1.807) is 18.9 Å². The Balaban J connectivity index is 4.26. The lowest BCUT2D eigenvalue weighted by molar-refractivity contribution is -0.143. The third-order valence-corrected chi connectivity index (χ3v) is 3.29. The van der Waals surface area contributed by atoms with Crippen LogP contribution < -0.4 is 0 Å². The average Bonchev–Trinajstić information content (AvgIpc) is 2.43. The molecule has 0 aliphatic rings. The number of carboxylic acids is 1. The zero-order valence-electron chi connectivity index (χ0n) is 13.6. The maximum Gasteiger partial charge on any atom is 0.308 e. The van der Waals surface area contributed by atoms with Crippen LogP contribution in [0, 0.1) is 5.92 Å². The lowest BCUT2D eigenvalue weighted by Gasteiger charge is -2.23. The normalized spacial score (nSPS) is 11.8. The van der Waals surface area contributed by atoms with Crippen LogP contribution in [0.2, 0.25) is 0 Å². The van der Waals surface area contributed by atoms with Crippen LogP contribution in [-0.2, 0) is 14.4 Å². The summed E-state index contributed by atoms with van der Waals surface area (Å²) in [5, 5.41) is 8.82. The van der Waals surface area contributed by atoms with Gasteiger partial charge in [0.2, 0.25) is 11.8 Å². The van der Waals surface area contributed by atoms with Crippen molar-refractivity contribution in [3.05, 3.63) is 0 Å². The molecule has 0 heterocycles. The molecular formula is C15H28N2O4. The van der Waals surface area contributed by atoms with Crippen molar-refractivity contribution in [2.24, 2.45) is 5.92 Å². The predicted molar refractivity (Wildman–Crippen MR) is 80.8 cm³/mol. The van der Waals surface area contributed by atoms with E-state index in [4.69, 9.17) is 5.11 Å². The Morgan fingerprint density at radius 3 is 1.90 bits per heavy atom. The van der Waals surface area contributed by atoms with Gasteiger partial charge in [-0.25, -0.2) is 0 Å². The van der Waals surface area contributed by atoms with Crippen molar-refractivity contribution in [3.63, 3.8) is 0 Å². The van der Waals surface area contributed by atoms with Crippen molar-refractivity contribution in [2.45, 2.75) is 46.5 Å². The summed E-state index contributed by atoms with van der Waals surface area (Å²) in [4.78, 5) is 37.9. The van der Waals surface area contributed by atoms with Gasteiger partial charge in [-0.3, -0.25) is 14.4 Å². The van der Waals surface area contributed by atoms with Gasteiger partial charge in [0.05, 0.1) is 5.92 Å². The SMILES string of the molecule is CCCN(CCC)C(=O)CCC(=O)N(C)CC(C)C(=O)O. The number of aliphatic carboxylic acids is 1. The minimum Gasteiger partial charge on any atom is -0.481 e. The Bertz CT molecular complexity index is 352. The minimum atomic E-state index is -0.928. The number of hydrogen-bond acceptors (Lipinski definition) is 3. The monoisotopic (exact) mass is 300 g/mol. The van der Waals surface area contributed by atoms with E-state index < -0.39 is 11.9 Å². The fourth-order valence-electron chi connectivity index (χ4n) is 2.05. The second kappa shape index (κ2) is 10.2. The van der Waals surface area contributed by atoms with Crippen LogP contribution in [0.1, 0.15) is 46.5 Å². The Morgan fingerprint density at radius 1 is 1.00 bits per heavy atom. The van der Waals surface area contributed by atoms with Crippen molar-refractivity contribution in [1.82, 2.24) is 9.80 Å². The van der Waals surface area contributed by atoms with Crippen molar-refractivity contribution >= 4 is 17.8 Å². The molecule has 0 aromatic rings. The number of carbonyl (C=O) groups excluding carboxylic acids is 2. The van der Waals surface area contributed by atoms with Gasteiger partial charge in [-0.1, -0.05) is 20.8 Å². The first-order valence-corrected chi connectivity index (χ1v) is 7.57. The van der Waals surface area contributed by atoms with Gasteiger partial charge < -0.3 is 14.9 Å². The zero-order chi connectivity index (χ0) is 16.4. The molecule has 0 aliphatic heterocycles. The van der Waals surface area contributed by atoms with Gasteiger partial charge in [0.1, 0.15) is 0 Å². The highest BCUT2D eigenvalue weighted by Gasteiger charge is 2.19. The van der Waals surface area contributed by atoms with Gasteiger partial charge in [-0.2, -0.15) is 0 Å². The number of amides is 2. The fourth-order valence-corrected chi connectivity index (χ4v) is 2.05. The smallest absolute Gasteiger partial charge is 0.308 e. The van der Waals surface area contributed by atoms with Crippen LogP contribution in [0.15, 0.2) is 0 Å². The van der Waals surface area contributed by atoms with Crippen molar-refractivity contribution in [3.8, 4) is 0 Å². The highest BCUT2D eigenvalue weighted by atomic mass is 16.4. The van der Waals surface area contributed by atoms with E-state index in [1.807, 2.05) is 13.8 Å². The van der Waals surface area contributed by atoms with E-state index in [9.17, 15) is 14.4 Å². The highest BCUT2D eigenvalue weighted by Crippen LogP contribution is 2.05. The summed E-state index contributed by atoms with van der Waals surface area (Å²) in [5.74, 6) is -1.73. The summed E-state index contributed by atoms with van der Waals surface area (Å²) < 4.78 is 0. The molecule has 0 saturated heterocycles. The van der Waals surface area contributed by atoms with E-state index in [-0.39, 0.29) is 31.2 Å². The minimum absolute atomic E-state index is 0.00765. The van der Waals surface area contributed by atoms with Crippen molar-refractivity contribution < 1.29 is 19.5 Å². The molecule has 0 aliphatic carbocycles. The largest absolute Gasteiger partial charge is 0.481 e. The Morgan fingerprint density at radius 2 is 1.48 bits per heavy atom. The molecule has 1 unspecified atom stereocenters. The Hall–Kier alpha value is -1.59. The van der Waals surface area contributed by atoms with E-state index in [0.29, 0.717) is 13.1 Å². The number of carboxylic acid groups (broad SMARTS) is 1. The Labute approximate surface area is 127 Å². The molecule has 0 saturated carbocycles. The lowest BCUT2D eigenvalue weighted by atomic mass is 10.1. The molecule has 6 nitrogen and oxygen atoms in total. The third kappa shape index (κ3) is 7.68. The van der Waals surface area contributed by atoms with Gasteiger partial charge in [0.25, 0.3) is 0 Å². The number of hydrogen-bond donors (Lipinski definition) is 1. The van der Waals surface area contributed by atoms with Crippen molar-refractivity contribution in [2.75, 3.05) is 26.7 Å². The first-order chi connectivity index (χ1) is 9.83. The van der Waals surface area contributed by atoms with Gasteiger partial charge in [-0.05, 0) is 12.8 Å². The fraction of sp³-hybridized carbons (Fsp3) is 0.800. The molecule has 0 aromatic heterocycles. The summed E-state index contributed by atoms with van der Waals surface area (Å²) >= 11 is 0. The van der Waals surface area contributed by atoms with Crippen LogP contribution in [0.4, 0.5) is 0 Å². The maximum absolute atomic E-state index is 12.0. The van der Waals surface area contributed by atoms with Gasteiger partial charge in [0, 0.05) is 39.5 Å². The van der Waals surface area contributed by atoms with E-state index >= 15 is 0 Å². The molecule has 21 heavy (non-hydrogen) atoms. The lowest BCUT2D eigenvalue weighted by Crippen LogP contribution is -2.36. The van der Waals surface area contributed by atoms with Crippen LogP contribution in [0.25, 0.3) is 0 Å². The Kier molecular flexibility index (Phi) is 9.41.